The largest absolute Gasteiger partial charge is 0.359 e. The number of anilines is 1. The van der Waals surface area contributed by atoms with Crippen LogP contribution in [0.3, 0.4) is 0 Å². The first-order valence-electron chi connectivity index (χ1n) is 7.91. The van der Waals surface area contributed by atoms with Gasteiger partial charge in [0, 0.05) is 23.1 Å². The normalized spacial score (nSPS) is 16.5. The van der Waals surface area contributed by atoms with Gasteiger partial charge in [0.1, 0.15) is 11.2 Å². The Morgan fingerprint density at radius 1 is 1.32 bits per heavy atom. The SMILES string of the molecule is CCN1C(=O)c2ccc(Cl)cc2N[C@@H]1c1csc(-c2ccccn2)n1. The molecule has 1 aliphatic heterocycles. The number of hydrogen-bond acceptors (Lipinski definition) is 5. The van der Waals surface area contributed by atoms with Crippen LogP contribution in [-0.2, 0) is 0 Å². The minimum atomic E-state index is -0.322. The lowest BCUT2D eigenvalue weighted by atomic mass is 10.1. The Labute approximate surface area is 154 Å². The molecule has 25 heavy (non-hydrogen) atoms. The van der Waals surface area contributed by atoms with Crippen molar-refractivity contribution >= 4 is 34.5 Å². The lowest BCUT2D eigenvalue weighted by Crippen LogP contribution is -2.42. The van der Waals surface area contributed by atoms with E-state index in [9.17, 15) is 4.79 Å². The minimum absolute atomic E-state index is 0.0229. The number of carbonyl (C=O) groups excluding carboxylic acids is 1. The number of rotatable bonds is 3. The van der Waals surface area contributed by atoms with Crippen molar-refractivity contribution in [3.63, 3.8) is 0 Å². The molecule has 0 aliphatic carbocycles. The number of halogens is 1. The topological polar surface area (TPSA) is 58.1 Å². The van der Waals surface area contributed by atoms with Gasteiger partial charge in [-0.05, 0) is 37.3 Å². The third-order valence-electron chi connectivity index (χ3n) is 4.10. The predicted octanol–water partition coefficient (Wildman–Crippen LogP) is 4.44. The van der Waals surface area contributed by atoms with Crippen molar-refractivity contribution in [3.8, 4) is 10.7 Å². The highest BCUT2D eigenvalue weighted by molar-refractivity contribution is 7.13. The Bertz CT molecular complexity index is 928. The summed E-state index contributed by atoms with van der Waals surface area (Å²) in [4.78, 5) is 23.6. The van der Waals surface area contributed by atoms with Gasteiger partial charge in [-0.25, -0.2) is 4.98 Å². The number of thiazole rings is 1. The zero-order valence-corrected chi connectivity index (χ0v) is 15.0. The molecule has 0 unspecified atom stereocenters. The van der Waals surface area contributed by atoms with E-state index in [2.05, 4.69) is 10.3 Å². The molecule has 0 bridgehead atoms. The van der Waals surface area contributed by atoms with Crippen molar-refractivity contribution in [1.82, 2.24) is 14.9 Å². The van der Waals surface area contributed by atoms with Crippen LogP contribution in [0.4, 0.5) is 5.69 Å². The first-order valence-corrected chi connectivity index (χ1v) is 9.17. The Morgan fingerprint density at radius 2 is 2.20 bits per heavy atom. The number of nitrogens with zero attached hydrogens (tertiary/aromatic N) is 3. The lowest BCUT2D eigenvalue weighted by Gasteiger charge is -2.36. The molecule has 5 nitrogen and oxygen atoms in total. The Morgan fingerprint density at radius 3 is 2.96 bits per heavy atom. The van der Waals surface area contributed by atoms with Crippen molar-refractivity contribution in [2.45, 2.75) is 13.1 Å². The number of hydrogen-bond donors (Lipinski definition) is 1. The number of carbonyl (C=O) groups is 1. The van der Waals surface area contributed by atoms with Crippen molar-refractivity contribution < 1.29 is 4.79 Å². The second-order valence-corrected chi connectivity index (χ2v) is 6.91. The van der Waals surface area contributed by atoms with E-state index in [4.69, 9.17) is 16.6 Å². The molecule has 1 N–H and O–H groups in total. The monoisotopic (exact) mass is 370 g/mol. The summed E-state index contributed by atoms with van der Waals surface area (Å²) < 4.78 is 0. The molecule has 1 atom stereocenters. The second-order valence-electron chi connectivity index (χ2n) is 5.62. The van der Waals surface area contributed by atoms with Gasteiger partial charge in [0.15, 0.2) is 0 Å². The molecule has 1 amide bonds. The standard InChI is InChI=1S/C18H15ClN4OS/c1-2-23-16(21-14-9-11(19)6-7-12(14)18(23)24)15-10-25-17(22-15)13-5-3-4-8-20-13/h3-10,16,21H,2H2,1H3/t16-/m0/s1. The van der Waals surface area contributed by atoms with Gasteiger partial charge in [-0.3, -0.25) is 9.78 Å². The van der Waals surface area contributed by atoms with Crippen molar-refractivity contribution in [2.24, 2.45) is 0 Å². The van der Waals surface area contributed by atoms with Crippen LogP contribution >= 0.6 is 22.9 Å². The van der Waals surface area contributed by atoms with Gasteiger partial charge in [-0.15, -0.1) is 11.3 Å². The van der Waals surface area contributed by atoms with Crippen LogP contribution in [0.5, 0.6) is 0 Å². The Balaban J connectivity index is 1.72. The fourth-order valence-corrected chi connectivity index (χ4v) is 3.88. The predicted molar refractivity (Wildman–Crippen MR) is 99.9 cm³/mol. The summed E-state index contributed by atoms with van der Waals surface area (Å²) in [6, 6.07) is 11.0. The first kappa shape index (κ1) is 16.1. The summed E-state index contributed by atoms with van der Waals surface area (Å²) in [5.74, 6) is -0.0229. The summed E-state index contributed by atoms with van der Waals surface area (Å²) in [7, 11) is 0. The quantitative estimate of drug-likeness (QED) is 0.740. The van der Waals surface area contributed by atoms with Gasteiger partial charge in [-0.1, -0.05) is 17.7 Å². The number of benzene rings is 1. The molecule has 126 valence electrons. The van der Waals surface area contributed by atoms with Crippen molar-refractivity contribution in [2.75, 3.05) is 11.9 Å². The van der Waals surface area contributed by atoms with Crippen LogP contribution in [0.25, 0.3) is 10.7 Å². The average Bonchev–Trinajstić information content (AvgIpc) is 3.12. The highest BCUT2D eigenvalue weighted by Crippen LogP contribution is 2.35. The lowest BCUT2D eigenvalue weighted by molar-refractivity contribution is 0.0692. The summed E-state index contributed by atoms with van der Waals surface area (Å²) in [5, 5.41) is 6.78. The molecule has 2 aromatic heterocycles. The fourth-order valence-electron chi connectivity index (χ4n) is 2.90. The van der Waals surface area contributed by atoms with Crippen LogP contribution < -0.4 is 5.32 Å². The van der Waals surface area contributed by atoms with Gasteiger partial charge >= 0.3 is 0 Å². The maximum atomic E-state index is 12.8. The molecule has 1 aromatic carbocycles. The van der Waals surface area contributed by atoms with Gasteiger partial charge in [0.05, 0.1) is 22.6 Å². The van der Waals surface area contributed by atoms with Crippen LogP contribution in [0.2, 0.25) is 5.02 Å². The van der Waals surface area contributed by atoms with E-state index in [0.29, 0.717) is 17.1 Å². The molecule has 0 spiro atoms. The van der Waals surface area contributed by atoms with E-state index in [1.807, 2.05) is 30.5 Å². The zero-order valence-electron chi connectivity index (χ0n) is 13.4. The highest BCUT2D eigenvalue weighted by atomic mass is 35.5. The molecule has 0 fully saturated rings. The number of pyridine rings is 1. The summed E-state index contributed by atoms with van der Waals surface area (Å²) >= 11 is 7.60. The van der Waals surface area contributed by atoms with Crippen molar-refractivity contribution in [1.29, 1.82) is 0 Å². The van der Waals surface area contributed by atoms with Crippen LogP contribution in [0.1, 0.15) is 29.1 Å². The molecule has 0 radical (unpaired) electrons. The van der Waals surface area contributed by atoms with Crippen LogP contribution in [-0.4, -0.2) is 27.3 Å². The van der Waals surface area contributed by atoms with E-state index < -0.39 is 0 Å². The zero-order chi connectivity index (χ0) is 17.4. The molecule has 3 aromatic rings. The maximum absolute atomic E-state index is 12.8. The first-order chi connectivity index (χ1) is 12.2. The summed E-state index contributed by atoms with van der Waals surface area (Å²) in [5.41, 5.74) is 2.99. The molecule has 4 rings (SSSR count). The molecule has 7 heteroatoms. The van der Waals surface area contributed by atoms with Gasteiger partial charge in [-0.2, -0.15) is 0 Å². The van der Waals surface area contributed by atoms with Crippen molar-refractivity contribution in [3.05, 3.63) is 64.3 Å². The van der Waals surface area contributed by atoms with Crippen LogP contribution in [0.15, 0.2) is 48.0 Å². The van der Waals surface area contributed by atoms with E-state index in [1.54, 1.807) is 29.3 Å². The van der Waals surface area contributed by atoms with E-state index in [-0.39, 0.29) is 12.1 Å². The smallest absolute Gasteiger partial charge is 0.257 e. The Kier molecular flexibility index (Phi) is 4.15. The number of aromatic nitrogens is 2. The molecular weight excluding hydrogens is 356 g/mol. The third kappa shape index (κ3) is 2.88. The fraction of sp³-hybridized carbons (Fsp3) is 0.167. The number of amides is 1. The van der Waals surface area contributed by atoms with E-state index in [1.165, 1.54) is 11.3 Å². The molecule has 1 aliphatic rings. The highest BCUT2D eigenvalue weighted by Gasteiger charge is 2.33. The van der Waals surface area contributed by atoms with E-state index >= 15 is 0 Å². The van der Waals surface area contributed by atoms with E-state index in [0.717, 1.165) is 22.1 Å². The summed E-state index contributed by atoms with van der Waals surface area (Å²) in [6.07, 6.45) is 1.42. The molecule has 0 saturated heterocycles. The van der Waals surface area contributed by atoms with Gasteiger partial charge < -0.3 is 10.2 Å². The maximum Gasteiger partial charge on any atom is 0.257 e. The van der Waals surface area contributed by atoms with Gasteiger partial charge in [0.25, 0.3) is 5.91 Å². The molecular formula is C18H15ClN4OS. The number of fused-ring (bicyclic) bond motifs is 1. The van der Waals surface area contributed by atoms with Crippen LogP contribution in [0, 0.1) is 0 Å². The third-order valence-corrected chi connectivity index (χ3v) is 5.22. The minimum Gasteiger partial charge on any atom is -0.359 e. The Hall–Kier alpha value is -2.44. The van der Waals surface area contributed by atoms with Gasteiger partial charge in [0.2, 0.25) is 0 Å². The second kappa shape index (κ2) is 6.46. The molecule has 0 saturated carbocycles. The summed E-state index contributed by atoms with van der Waals surface area (Å²) in [6.45, 7) is 2.54. The average molecular weight is 371 g/mol. The molecule has 3 heterocycles. The number of nitrogens with one attached hydrogen (secondary N) is 1.